The maximum atomic E-state index is 5.73. The van der Waals surface area contributed by atoms with E-state index < -0.39 is 0 Å². The number of nitrogens with one attached hydrogen (secondary N) is 2. The predicted octanol–water partition coefficient (Wildman–Crippen LogP) is 2.50. The summed E-state index contributed by atoms with van der Waals surface area (Å²) in [5.41, 5.74) is 1.24. The van der Waals surface area contributed by atoms with E-state index >= 15 is 0 Å². The van der Waals surface area contributed by atoms with Crippen LogP contribution in [-0.2, 0) is 0 Å². The zero-order valence-corrected chi connectivity index (χ0v) is 17.4. The molecule has 5 nitrogen and oxygen atoms in total. The van der Waals surface area contributed by atoms with Crippen LogP contribution in [0, 0.1) is 12.8 Å². The van der Waals surface area contributed by atoms with Crippen molar-refractivity contribution >= 4 is 29.9 Å². The van der Waals surface area contributed by atoms with Crippen LogP contribution in [0.3, 0.4) is 0 Å². The first-order valence-electron chi connectivity index (χ1n) is 8.57. The van der Waals surface area contributed by atoms with E-state index in [4.69, 9.17) is 9.73 Å². The smallest absolute Gasteiger partial charge is 0.191 e. The third kappa shape index (κ3) is 7.70. The monoisotopic (exact) mass is 446 g/mol. The van der Waals surface area contributed by atoms with Gasteiger partial charge in [0.15, 0.2) is 5.96 Å². The van der Waals surface area contributed by atoms with E-state index in [1.54, 1.807) is 0 Å². The van der Waals surface area contributed by atoms with Gasteiger partial charge in [-0.15, -0.1) is 24.0 Å². The van der Waals surface area contributed by atoms with Crippen LogP contribution in [0.2, 0.25) is 0 Å². The van der Waals surface area contributed by atoms with Crippen LogP contribution >= 0.6 is 24.0 Å². The van der Waals surface area contributed by atoms with Crippen molar-refractivity contribution < 1.29 is 4.74 Å². The lowest BCUT2D eigenvalue weighted by Gasteiger charge is -2.13. The second kappa shape index (κ2) is 11.5. The number of benzene rings is 1. The molecule has 0 saturated carbocycles. The first kappa shape index (κ1) is 21.0. The van der Waals surface area contributed by atoms with Crippen molar-refractivity contribution in [2.24, 2.45) is 10.9 Å². The Bertz CT molecular complexity index is 492. The van der Waals surface area contributed by atoms with Crippen molar-refractivity contribution in [3.05, 3.63) is 29.8 Å². The van der Waals surface area contributed by atoms with E-state index in [1.165, 1.54) is 18.5 Å². The SMILES string of the molecule is CCNC(=NCC1CCN(C)C1)NCCOc1ccc(C)cc1.I. The van der Waals surface area contributed by atoms with E-state index in [0.717, 1.165) is 37.9 Å². The maximum Gasteiger partial charge on any atom is 0.191 e. The van der Waals surface area contributed by atoms with Crippen LogP contribution in [0.1, 0.15) is 18.9 Å². The molecule has 1 heterocycles. The van der Waals surface area contributed by atoms with Crippen molar-refractivity contribution in [3.8, 4) is 5.75 Å². The Hall–Kier alpha value is -1.02. The Morgan fingerprint density at radius 3 is 2.67 bits per heavy atom. The van der Waals surface area contributed by atoms with Crippen LogP contribution in [0.5, 0.6) is 5.75 Å². The Labute approximate surface area is 163 Å². The van der Waals surface area contributed by atoms with E-state index in [1.807, 2.05) is 12.1 Å². The first-order valence-corrected chi connectivity index (χ1v) is 8.57. The lowest BCUT2D eigenvalue weighted by atomic mass is 10.1. The van der Waals surface area contributed by atoms with Crippen molar-refractivity contribution in [2.45, 2.75) is 20.3 Å². The highest BCUT2D eigenvalue weighted by atomic mass is 127. The summed E-state index contributed by atoms with van der Waals surface area (Å²) in [6.07, 6.45) is 1.25. The van der Waals surface area contributed by atoms with Crippen molar-refractivity contribution in [1.29, 1.82) is 0 Å². The van der Waals surface area contributed by atoms with Gasteiger partial charge in [0, 0.05) is 19.6 Å². The molecule has 1 unspecified atom stereocenters. The minimum atomic E-state index is 0. The van der Waals surface area contributed by atoms with Crippen LogP contribution < -0.4 is 15.4 Å². The van der Waals surface area contributed by atoms with E-state index in [-0.39, 0.29) is 24.0 Å². The van der Waals surface area contributed by atoms with Crippen molar-refractivity contribution in [2.75, 3.05) is 46.4 Å². The normalized spacial score (nSPS) is 18.1. The second-order valence-electron chi connectivity index (χ2n) is 6.22. The van der Waals surface area contributed by atoms with Crippen LogP contribution in [0.25, 0.3) is 0 Å². The number of guanidine groups is 1. The summed E-state index contributed by atoms with van der Waals surface area (Å²) in [6, 6.07) is 8.14. The van der Waals surface area contributed by atoms with Gasteiger partial charge in [-0.2, -0.15) is 0 Å². The minimum Gasteiger partial charge on any atom is -0.492 e. The fraction of sp³-hybridized carbons (Fsp3) is 0.611. The predicted molar refractivity (Wildman–Crippen MR) is 112 cm³/mol. The molecule has 1 aromatic carbocycles. The highest BCUT2D eigenvalue weighted by Gasteiger charge is 2.18. The highest BCUT2D eigenvalue weighted by Crippen LogP contribution is 2.14. The van der Waals surface area contributed by atoms with Gasteiger partial charge >= 0.3 is 0 Å². The summed E-state index contributed by atoms with van der Waals surface area (Å²) in [5.74, 6) is 2.47. The topological polar surface area (TPSA) is 48.9 Å². The minimum absolute atomic E-state index is 0. The number of hydrogen-bond donors (Lipinski definition) is 2. The van der Waals surface area contributed by atoms with Gasteiger partial charge in [0.1, 0.15) is 12.4 Å². The largest absolute Gasteiger partial charge is 0.492 e. The Kier molecular flexibility index (Phi) is 10.1. The molecule has 0 bridgehead atoms. The van der Waals surface area contributed by atoms with Crippen LogP contribution in [0.15, 0.2) is 29.3 Å². The second-order valence-corrected chi connectivity index (χ2v) is 6.22. The van der Waals surface area contributed by atoms with Gasteiger partial charge in [-0.25, -0.2) is 0 Å². The number of ether oxygens (including phenoxy) is 1. The van der Waals surface area contributed by atoms with E-state index in [9.17, 15) is 0 Å². The molecule has 1 aliphatic rings. The van der Waals surface area contributed by atoms with E-state index in [2.05, 4.69) is 48.6 Å². The number of halogens is 1. The Morgan fingerprint density at radius 1 is 1.29 bits per heavy atom. The average molecular weight is 446 g/mol. The van der Waals surface area contributed by atoms with Crippen LogP contribution in [0.4, 0.5) is 0 Å². The van der Waals surface area contributed by atoms with Crippen LogP contribution in [-0.4, -0.2) is 57.2 Å². The highest BCUT2D eigenvalue weighted by molar-refractivity contribution is 14.0. The Morgan fingerprint density at radius 2 is 2.04 bits per heavy atom. The van der Waals surface area contributed by atoms with Gasteiger partial charge in [-0.3, -0.25) is 4.99 Å². The molecule has 24 heavy (non-hydrogen) atoms. The molecule has 0 aromatic heterocycles. The zero-order chi connectivity index (χ0) is 16.5. The molecule has 1 aromatic rings. The van der Waals surface area contributed by atoms with Gasteiger partial charge < -0.3 is 20.3 Å². The molecular formula is C18H31IN4O. The standard InChI is InChI=1S/C18H30N4O.HI/c1-4-19-18(21-13-16-9-11-22(3)14-16)20-10-12-23-17-7-5-15(2)6-8-17;/h5-8,16H,4,9-14H2,1-3H3,(H2,19,20,21);1H. The molecule has 0 aliphatic carbocycles. The molecule has 0 spiro atoms. The molecule has 0 amide bonds. The number of hydrogen-bond acceptors (Lipinski definition) is 3. The molecule has 1 atom stereocenters. The third-order valence-electron chi connectivity index (χ3n) is 4.02. The van der Waals surface area contributed by atoms with Gasteiger partial charge in [0.2, 0.25) is 0 Å². The Balaban J connectivity index is 0.00000288. The fourth-order valence-electron chi connectivity index (χ4n) is 2.71. The molecule has 1 saturated heterocycles. The van der Waals surface area contributed by atoms with E-state index in [0.29, 0.717) is 12.5 Å². The van der Waals surface area contributed by atoms with Crippen molar-refractivity contribution in [3.63, 3.8) is 0 Å². The maximum absolute atomic E-state index is 5.73. The zero-order valence-electron chi connectivity index (χ0n) is 15.0. The lowest BCUT2D eigenvalue weighted by Crippen LogP contribution is -2.39. The molecule has 6 heteroatoms. The summed E-state index contributed by atoms with van der Waals surface area (Å²) < 4.78 is 5.73. The molecule has 2 rings (SSSR count). The third-order valence-corrected chi connectivity index (χ3v) is 4.02. The number of nitrogens with zero attached hydrogens (tertiary/aromatic N) is 2. The molecule has 136 valence electrons. The quantitative estimate of drug-likeness (QED) is 0.293. The summed E-state index contributed by atoms with van der Waals surface area (Å²) >= 11 is 0. The molecular weight excluding hydrogens is 415 g/mol. The van der Waals surface area contributed by atoms with Gasteiger partial charge in [0.05, 0.1) is 6.54 Å². The number of likely N-dealkylation sites (tertiary alicyclic amines) is 1. The fourth-order valence-corrected chi connectivity index (χ4v) is 2.71. The summed E-state index contributed by atoms with van der Waals surface area (Å²) in [4.78, 5) is 7.07. The molecule has 2 N–H and O–H groups in total. The number of aliphatic imine (C=N–C) groups is 1. The number of aryl methyl sites for hydroxylation is 1. The number of rotatable bonds is 7. The molecule has 0 radical (unpaired) electrons. The average Bonchev–Trinajstić information content (AvgIpc) is 2.96. The summed E-state index contributed by atoms with van der Waals surface area (Å²) in [7, 11) is 2.18. The lowest BCUT2D eigenvalue weighted by molar-refractivity contribution is 0.322. The van der Waals surface area contributed by atoms with Crippen molar-refractivity contribution in [1.82, 2.24) is 15.5 Å². The van der Waals surface area contributed by atoms with Gasteiger partial charge in [0.25, 0.3) is 0 Å². The summed E-state index contributed by atoms with van der Waals surface area (Å²) in [6.45, 7) is 9.63. The summed E-state index contributed by atoms with van der Waals surface area (Å²) in [5, 5.41) is 6.63. The first-order chi connectivity index (χ1) is 11.2. The van der Waals surface area contributed by atoms with Gasteiger partial charge in [-0.05, 0) is 51.9 Å². The molecule has 1 fully saturated rings. The molecule has 1 aliphatic heterocycles. The van der Waals surface area contributed by atoms with Gasteiger partial charge in [-0.1, -0.05) is 17.7 Å².